The lowest BCUT2D eigenvalue weighted by Gasteiger charge is -2.15. The van der Waals surface area contributed by atoms with Crippen molar-refractivity contribution < 1.29 is 9.53 Å². The molecule has 1 heterocycles. The predicted octanol–water partition coefficient (Wildman–Crippen LogP) is 4.30. The van der Waals surface area contributed by atoms with Gasteiger partial charge in [-0.15, -0.1) is 5.10 Å². The Hall–Kier alpha value is -3.01. The van der Waals surface area contributed by atoms with Crippen LogP contribution in [0.25, 0.3) is 22.4 Å². The highest BCUT2D eigenvalue weighted by Crippen LogP contribution is 2.34. The highest BCUT2D eigenvalue weighted by Gasteiger charge is 2.23. The summed E-state index contributed by atoms with van der Waals surface area (Å²) in [6.45, 7) is 3.89. The zero-order valence-corrected chi connectivity index (χ0v) is 13.7. The van der Waals surface area contributed by atoms with E-state index in [1.807, 2.05) is 60.7 Å². The summed E-state index contributed by atoms with van der Waals surface area (Å²) in [5, 5.41) is 8.56. The van der Waals surface area contributed by atoms with Gasteiger partial charge in [0.1, 0.15) is 5.69 Å². The molecule has 0 amide bonds. The Bertz CT molecular complexity index is 846. The van der Waals surface area contributed by atoms with Gasteiger partial charge in [0.2, 0.25) is 0 Å². The Kier molecular flexibility index (Phi) is 4.66. The number of carbonyl (C=O) groups is 1. The molecule has 0 saturated carbocycles. The van der Waals surface area contributed by atoms with Gasteiger partial charge in [-0.25, -0.2) is 4.79 Å². The minimum atomic E-state index is -0.374. The normalized spacial score (nSPS) is 10.4. The summed E-state index contributed by atoms with van der Waals surface area (Å²) in [6, 6.07) is 19.5. The fourth-order valence-electron chi connectivity index (χ4n) is 2.66. The van der Waals surface area contributed by atoms with Gasteiger partial charge in [0, 0.05) is 11.1 Å². The van der Waals surface area contributed by atoms with Crippen molar-refractivity contribution in [1.29, 1.82) is 0 Å². The van der Waals surface area contributed by atoms with Crippen molar-refractivity contribution >= 4 is 5.97 Å². The van der Waals surface area contributed by atoms with Crippen molar-refractivity contribution in [3.8, 4) is 22.4 Å². The quantitative estimate of drug-likeness (QED) is 0.673. The first kappa shape index (κ1) is 15.9. The standard InChI is InChI=1S/C20H18N2O2/c1-3-24-20(23)17-14(2)21-22-19(16-12-8-5-9-13-16)18(17)15-10-6-4-7-11-15/h4-13H,3H2,1-2H3. The molecule has 0 radical (unpaired) electrons. The van der Waals surface area contributed by atoms with Crippen LogP contribution in [-0.4, -0.2) is 22.8 Å². The number of aryl methyl sites for hydroxylation is 1. The Labute approximate surface area is 141 Å². The van der Waals surface area contributed by atoms with Gasteiger partial charge < -0.3 is 4.74 Å². The van der Waals surface area contributed by atoms with Crippen LogP contribution < -0.4 is 0 Å². The molecule has 24 heavy (non-hydrogen) atoms. The lowest BCUT2D eigenvalue weighted by molar-refractivity contribution is 0.0525. The van der Waals surface area contributed by atoms with Gasteiger partial charge >= 0.3 is 5.97 Å². The van der Waals surface area contributed by atoms with Gasteiger partial charge in [0.15, 0.2) is 0 Å². The van der Waals surface area contributed by atoms with Crippen LogP contribution in [0.1, 0.15) is 23.0 Å². The Morgan fingerprint density at radius 2 is 1.50 bits per heavy atom. The summed E-state index contributed by atoms with van der Waals surface area (Å²) >= 11 is 0. The molecule has 1 aromatic heterocycles. The van der Waals surface area contributed by atoms with E-state index >= 15 is 0 Å². The second kappa shape index (κ2) is 7.04. The average molecular weight is 318 g/mol. The topological polar surface area (TPSA) is 52.1 Å². The number of aromatic nitrogens is 2. The van der Waals surface area contributed by atoms with Crippen molar-refractivity contribution in [2.24, 2.45) is 0 Å². The summed E-state index contributed by atoms with van der Waals surface area (Å²) in [5.41, 5.74) is 4.29. The first-order valence-corrected chi connectivity index (χ1v) is 7.87. The Balaban J connectivity index is 2.31. The number of nitrogens with zero attached hydrogens (tertiary/aromatic N) is 2. The first-order valence-electron chi connectivity index (χ1n) is 7.87. The van der Waals surface area contributed by atoms with Gasteiger partial charge in [-0.05, 0) is 19.4 Å². The molecule has 3 rings (SSSR count). The Morgan fingerprint density at radius 1 is 0.917 bits per heavy atom. The van der Waals surface area contributed by atoms with Crippen LogP contribution in [0.5, 0.6) is 0 Å². The van der Waals surface area contributed by atoms with Crippen LogP contribution in [0.4, 0.5) is 0 Å². The van der Waals surface area contributed by atoms with Crippen molar-refractivity contribution in [2.45, 2.75) is 13.8 Å². The van der Waals surface area contributed by atoms with E-state index < -0.39 is 0 Å². The molecular weight excluding hydrogens is 300 g/mol. The van der Waals surface area contributed by atoms with E-state index in [9.17, 15) is 4.79 Å². The molecule has 0 atom stereocenters. The molecule has 0 fully saturated rings. The lowest BCUT2D eigenvalue weighted by Crippen LogP contribution is -2.12. The Morgan fingerprint density at radius 3 is 2.08 bits per heavy atom. The number of carbonyl (C=O) groups excluding carboxylic acids is 1. The van der Waals surface area contributed by atoms with E-state index in [-0.39, 0.29) is 5.97 Å². The van der Waals surface area contributed by atoms with Crippen LogP contribution in [-0.2, 0) is 4.74 Å². The summed E-state index contributed by atoms with van der Waals surface area (Å²) in [7, 11) is 0. The maximum atomic E-state index is 12.6. The number of ether oxygens (including phenoxy) is 1. The van der Waals surface area contributed by atoms with Crippen molar-refractivity contribution in [1.82, 2.24) is 10.2 Å². The highest BCUT2D eigenvalue weighted by molar-refractivity contribution is 6.02. The van der Waals surface area contributed by atoms with E-state index in [4.69, 9.17) is 4.74 Å². The van der Waals surface area contributed by atoms with E-state index in [0.717, 1.165) is 16.7 Å². The molecule has 120 valence electrons. The molecule has 0 aliphatic heterocycles. The molecule has 4 nitrogen and oxygen atoms in total. The van der Waals surface area contributed by atoms with E-state index in [0.29, 0.717) is 23.6 Å². The van der Waals surface area contributed by atoms with Gasteiger partial charge in [-0.1, -0.05) is 60.7 Å². The SMILES string of the molecule is CCOC(=O)c1c(C)nnc(-c2ccccc2)c1-c1ccccc1. The zero-order chi connectivity index (χ0) is 16.9. The highest BCUT2D eigenvalue weighted by atomic mass is 16.5. The number of hydrogen-bond donors (Lipinski definition) is 0. The second-order valence-corrected chi connectivity index (χ2v) is 5.34. The fourth-order valence-corrected chi connectivity index (χ4v) is 2.66. The van der Waals surface area contributed by atoms with E-state index in [1.54, 1.807) is 13.8 Å². The smallest absolute Gasteiger partial charge is 0.340 e. The number of benzene rings is 2. The van der Waals surface area contributed by atoms with Crippen molar-refractivity contribution in [2.75, 3.05) is 6.61 Å². The van der Waals surface area contributed by atoms with Gasteiger partial charge in [0.25, 0.3) is 0 Å². The van der Waals surface area contributed by atoms with Crippen LogP contribution in [0, 0.1) is 6.92 Å². The van der Waals surface area contributed by atoms with Gasteiger partial charge in [-0.2, -0.15) is 5.10 Å². The minimum Gasteiger partial charge on any atom is -0.462 e. The lowest BCUT2D eigenvalue weighted by atomic mass is 9.94. The summed E-state index contributed by atoms with van der Waals surface area (Å²) in [5.74, 6) is -0.374. The molecule has 0 aliphatic carbocycles. The third-order valence-corrected chi connectivity index (χ3v) is 3.74. The maximum Gasteiger partial charge on any atom is 0.340 e. The van der Waals surface area contributed by atoms with Crippen LogP contribution >= 0.6 is 0 Å². The summed E-state index contributed by atoms with van der Waals surface area (Å²) < 4.78 is 5.26. The van der Waals surface area contributed by atoms with E-state index in [1.165, 1.54) is 0 Å². The molecule has 0 saturated heterocycles. The summed E-state index contributed by atoms with van der Waals surface area (Å²) in [6.07, 6.45) is 0. The largest absolute Gasteiger partial charge is 0.462 e. The third-order valence-electron chi connectivity index (χ3n) is 3.74. The molecule has 4 heteroatoms. The van der Waals surface area contributed by atoms with Crippen molar-refractivity contribution in [3.63, 3.8) is 0 Å². The fraction of sp³-hybridized carbons (Fsp3) is 0.150. The number of rotatable bonds is 4. The molecular formula is C20H18N2O2. The summed E-state index contributed by atoms with van der Waals surface area (Å²) in [4.78, 5) is 12.6. The third kappa shape index (κ3) is 3.04. The molecule has 3 aromatic rings. The second-order valence-electron chi connectivity index (χ2n) is 5.34. The first-order chi connectivity index (χ1) is 11.7. The molecule has 2 aromatic carbocycles. The van der Waals surface area contributed by atoms with E-state index in [2.05, 4.69) is 10.2 Å². The molecule has 0 N–H and O–H groups in total. The maximum absolute atomic E-state index is 12.6. The number of hydrogen-bond acceptors (Lipinski definition) is 4. The monoisotopic (exact) mass is 318 g/mol. The average Bonchev–Trinajstić information content (AvgIpc) is 2.63. The van der Waals surface area contributed by atoms with Crippen LogP contribution in [0.3, 0.4) is 0 Å². The van der Waals surface area contributed by atoms with Crippen LogP contribution in [0.15, 0.2) is 60.7 Å². The molecule has 0 aliphatic rings. The minimum absolute atomic E-state index is 0.315. The molecule has 0 bridgehead atoms. The predicted molar refractivity (Wildman–Crippen MR) is 93.6 cm³/mol. The van der Waals surface area contributed by atoms with Crippen molar-refractivity contribution in [3.05, 3.63) is 71.9 Å². The molecule has 0 unspecified atom stereocenters. The van der Waals surface area contributed by atoms with Crippen LogP contribution in [0.2, 0.25) is 0 Å². The van der Waals surface area contributed by atoms with Gasteiger partial charge in [-0.3, -0.25) is 0 Å². The molecule has 0 spiro atoms. The van der Waals surface area contributed by atoms with Gasteiger partial charge in [0.05, 0.1) is 17.9 Å². The zero-order valence-electron chi connectivity index (χ0n) is 13.7. The number of esters is 1.